The summed E-state index contributed by atoms with van der Waals surface area (Å²) in [5.74, 6) is -0.0539. The van der Waals surface area contributed by atoms with E-state index in [-0.39, 0.29) is 0 Å². The number of carbonyl (C=O) groups excluding carboxylic acids is 1. The molecule has 2 heterocycles. The first kappa shape index (κ1) is 10.7. The van der Waals surface area contributed by atoms with Crippen molar-refractivity contribution in [1.82, 2.24) is 4.98 Å². The molecule has 0 spiro atoms. The van der Waals surface area contributed by atoms with Gasteiger partial charge >= 0.3 is 5.97 Å². The van der Waals surface area contributed by atoms with Crippen LogP contribution in [0.2, 0.25) is 0 Å². The van der Waals surface area contributed by atoms with Gasteiger partial charge in [0.1, 0.15) is 10.1 Å². The Bertz CT molecular complexity index is 588. The molecule has 6 heteroatoms. The van der Waals surface area contributed by atoms with E-state index in [4.69, 9.17) is 5.11 Å². The number of thioether (sulfide) groups is 1. The lowest BCUT2D eigenvalue weighted by Crippen LogP contribution is -2.17. The van der Waals surface area contributed by atoms with Gasteiger partial charge in [0.05, 0.1) is 10.2 Å². The summed E-state index contributed by atoms with van der Waals surface area (Å²) in [7, 11) is 0. The van der Waals surface area contributed by atoms with Crippen LogP contribution in [0.3, 0.4) is 0 Å². The zero-order valence-electron chi connectivity index (χ0n) is 8.71. The van der Waals surface area contributed by atoms with E-state index >= 15 is 0 Å². The average molecular weight is 265 g/mol. The van der Waals surface area contributed by atoms with Gasteiger partial charge < -0.3 is 5.11 Å². The first-order chi connectivity index (χ1) is 8.24. The Morgan fingerprint density at radius 2 is 2.24 bits per heavy atom. The molecule has 0 fully saturated rings. The van der Waals surface area contributed by atoms with E-state index in [1.165, 1.54) is 11.8 Å². The fraction of sp³-hybridized carbons (Fsp3) is 0.182. The molecule has 2 aromatic rings. The van der Waals surface area contributed by atoms with E-state index in [1.807, 2.05) is 24.3 Å². The maximum atomic E-state index is 10.9. The maximum Gasteiger partial charge on any atom is 0.541 e. The highest BCUT2D eigenvalue weighted by molar-refractivity contribution is 8.15. The molecule has 0 radical (unpaired) electrons. The summed E-state index contributed by atoms with van der Waals surface area (Å²) in [5, 5.41) is 8.69. The number of carbonyl (C=O) groups is 1. The smallest absolute Gasteiger partial charge is 0.541 e. The number of thiazole rings is 1. The van der Waals surface area contributed by atoms with E-state index < -0.39 is 12.0 Å². The van der Waals surface area contributed by atoms with Gasteiger partial charge in [0.2, 0.25) is 6.04 Å². The van der Waals surface area contributed by atoms with Gasteiger partial charge in [-0.1, -0.05) is 12.1 Å². The van der Waals surface area contributed by atoms with Crippen LogP contribution in [0.4, 0.5) is 0 Å². The SMILES string of the molecule is O=C([OH2+])[C@H]1CSC(c2nc3ccccc3s2)=N1. The zero-order valence-corrected chi connectivity index (χ0v) is 10.3. The van der Waals surface area contributed by atoms with Gasteiger partial charge in [-0.05, 0) is 12.1 Å². The molecule has 0 aliphatic carbocycles. The number of hydrogen-bond donors (Lipinski definition) is 0. The van der Waals surface area contributed by atoms with E-state index in [9.17, 15) is 4.79 Å². The van der Waals surface area contributed by atoms with Crippen molar-refractivity contribution in [3.63, 3.8) is 0 Å². The highest BCUT2D eigenvalue weighted by Crippen LogP contribution is 2.29. The second-order valence-corrected chi connectivity index (χ2v) is 5.65. The van der Waals surface area contributed by atoms with Crippen LogP contribution >= 0.6 is 23.1 Å². The number of nitrogens with zero attached hydrogens (tertiary/aromatic N) is 2. The molecule has 1 aromatic carbocycles. The van der Waals surface area contributed by atoms with Crippen LogP contribution in [0.5, 0.6) is 0 Å². The molecular formula is C11H9N2O2S2+. The molecule has 86 valence electrons. The fourth-order valence-corrected chi connectivity index (χ4v) is 3.66. The Labute approximate surface area is 105 Å². The van der Waals surface area contributed by atoms with E-state index in [0.29, 0.717) is 5.75 Å². The topological polar surface area (TPSA) is 65.2 Å². The molecule has 0 amide bonds. The number of hydrogen-bond acceptors (Lipinski definition) is 5. The molecule has 1 aromatic heterocycles. The average Bonchev–Trinajstić information content (AvgIpc) is 2.95. The summed E-state index contributed by atoms with van der Waals surface area (Å²) in [4.78, 5) is 19.7. The van der Waals surface area contributed by atoms with Crippen molar-refractivity contribution in [2.45, 2.75) is 6.04 Å². The van der Waals surface area contributed by atoms with Crippen molar-refractivity contribution >= 4 is 44.3 Å². The number of fused-ring (bicyclic) bond motifs is 1. The van der Waals surface area contributed by atoms with Crippen LogP contribution in [-0.2, 0) is 4.79 Å². The van der Waals surface area contributed by atoms with Gasteiger partial charge in [-0.3, -0.25) is 4.99 Å². The molecule has 1 aliphatic rings. The zero-order chi connectivity index (χ0) is 11.8. The molecule has 0 saturated heterocycles. The third-order valence-electron chi connectivity index (χ3n) is 2.43. The number of aliphatic imine (C=N–C) groups is 1. The Morgan fingerprint density at radius 3 is 2.94 bits per heavy atom. The number of para-hydroxylation sites is 1. The summed E-state index contributed by atoms with van der Waals surface area (Å²) in [6.07, 6.45) is 0. The summed E-state index contributed by atoms with van der Waals surface area (Å²) < 4.78 is 1.12. The van der Waals surface area contributed by atoms with Crippen LogP contribution in [0.15, 0.2) is 29.3 Å². The van der Waals surface area contributed by atoms with Crippen molar-refractivity contribution in [1.29, 1.82) is 0 Å². The molecule has 1 atom stereocenters. The van der Waals surface area contributed by atoms with Crippen molar-refractivity contribution in [3.05, 3.63) is 29.3 Å². The molecule has 3 rings (SSSR count). The molecule has 17 heavy (non-hydrogen) atoms. The standard InChI is InChI=1S/C11H8N2O2S2/c14-11(15)7-5-16-9(13-7)10-12-6-3-1-2-4-8(6)17-10/h1-4,7H,5H2,(H,14,15)/p+1/t7-/m1/s1. The lowest BCUT2D eigenvalue weighted by Gasteiger charge is -1.89. The summed E-state index contributed by atoms with van der Waals surface area (Å²) in [6, 6.07) is 7.39. The van der Waals surface area contributed by atoms with Crippen molar-refractivity contribution < 1.29 is 9.90 Å². The minimum absolute atomic E-state index is 0.512. The number of benzene rings is 1. The quantitative estimate of drug-likeness (QED) is 0.771. The van der Waals surface area contributed by atoms with E-state index in [1.54, 1.807) is 11.3 Å². The Hall–Kier alpha value is -1.40. The Morgan fingerprint density at radius 1 is 1.41 bits per heavy atom. The lowest BCUT2D eigenvalue weighted by atomic mass is 10.3. The molecule has 0 saturated carbocycles. The van der Waals surface area contributed by atoms with Crippen LogP contribution in [0.1, 0.15) is 5.01 Å². The molecule has 1 aliphatic heterocycles. The van der Waals surface area contributed by atoms with Gasteiger partial charge in [-0.25, -0.2) is 4.98 Å². The summed E-state index contributed by atoms with van der Waals surface area (Å²) >= 11 is 3.08. The van der Waals surface area contributed by atoms with Crippen molar-refractivity contribution in [2.24, 2.45) is 4.99 Å². The van der Waals surface area contributed by atoms with Crippen LogP contribution < -0.4 is 0 Å². The summed E-state index contributed by atoms with van der Waals surface area (Å²) in [6.45, 7) is 0. The largest absolute Gasteiger partial charge is 0.563 e. The predicted octanol–water partition coefficient (Wildman–Crippen LogP) is 1.41. The Balaban J connectivity index is 1.99. The van der Waals surface area contributed by atoms with Gasteiger partial charge in [0.25, 0.3) is 0 Å². The molecule has 2 N–H and O–H groups in total. The molecule has 4 nitrogen and oxygen atoms in total. The molecule has 0 bridgehead atoms. The minimum Gasteiger partial charge on any atom is -0.563 e. The second-order valence-electron chi connectivity index (χ2n) is 3.61. The predicted molar refractivity (Wildman–Crippen MR) is 71.0 cm³/mol. The fourth-order valence-electron chi connectivity index (χ4n) is 1.59. The number of rotatable bonds is 2. The third-order valence-corrected chi connectivity index (χ3v) is 4.66. The monoisotopic (exact) mass is 265 g/mol. The van der Waals surface area contributed by atoms with E-state index in [2.05, 4.69) is 9.98 Å². The number of aromatic nitrogens is 1. The van der Waals surface area contributed by atoms with Crippen LogP contribution in [-0.4, -0.2) is 32.9 Å². The molecular weight excluding hydrogens is 256 g/mol. The highest BCUT2D eigenvalue weighted by atomic mass is 32.2. The van der Waals surface area contributed by atoms with Gasteiger partial charge in [-0.2, -0.15) is 0 Å². The minimum atomic E-state index is -0.617. The van der Waals surface area contributed by atoms with E-state index in [0.717, 1.165) is 20.3 Å². The van der Waals surface area contributed by atoms with Crippen LogP contribution in [0, 0.1) is 0 Å². The maximum absolute atomic E-state index is 10.9. The lowest BCUT2D eigenvalue weighted by molar-refractivity contribution is -0.137. The second kappa shape index (κ2) is 4.12. The normalized spacial score (nSPS) is 19.5. The summed E-state index contributed by atoms with van der Waals surface area (Å²) in [5.41, 5.74) is 0.955. The van der Waals surface area contributed by atoms with Crippen molar-refractivity contribution in [3.8, 4) is 0 Å². The third kappa shape index (κ3) is 1.94. The van der Waals surface area contributed by atoms with Crippen LogP contribution in [0.25, 0.3) is 10.2 Å². The highest BCUT2D eigenvalue weighted by Gasteiger charge is 2.31. The van der Waals surface area contributed by atoms with Gasteiger partial charge in [0, 0.05) is 10.5 Å². The Kier molecular flexibility index (Phi) is 2.60. The molecule has 0 unspecified atom stereocenters. The first-order valence-corrected chi connectivity index (χ1v) is 6.86. The first-order valence-electron chi connectivity index (χ1n) is 5.06. The van der Waals surface area contributed by atoms with Crippen molar-refractivity contribution in [2.75, 3.05) is 5.75 Å². The van der Waals surface area contributed by atoms with Gasteiger partial charge in [0.15, 0.2) is 0 Å². The van der Waals surface area contributed by atoms with Gasteiger partial charge in [-0.15, -0.1) is 23.1 Å².